The molecule has 5 heteroatoms. The van der Waals surface area contributed by atoms with Gasteiger partial charge in [-0.2, -0.15) is 0 Å². The van der Waals surface area contributed by atoms with Gasteiger partial charge in [-0.15, -0.1) is 0 Å². The predicted molar refractivity (Wildman–Crippen MR) is 98.9 cm³/mol. The first-order valence-corrected chi connectivity index (χ1v) is 7.85. The van der Waals surface area contributed by atoms with Crippen LogP contribution in [-0.4, -0.2) is 19.9 Å². The minimum absolute atomic E-state index is 0. The summed E-state index contributed by atoms with van der Waals surface area (Å²) in [5, 5.41) is 0. The summed E-state index contributed by atoms with van der Waals surface area (Å²) in [6.45, 7) is 0. The number of hydrogen-bond acceptors (Lipinski definition) is 2. The van der Waals surface area contributed by atoms with Crippen molar-refractivity contribution in [2.24, 2.45) is 0 Å². The first-order valence-electron chi connectivity index (χ1n) is 7.85. The molecule has 0 atom stereocenters. The van der Waals surface area contributed by atoms with E-state index in [1.54, 1.807) is 0 Å². The van der Waals surface area contributed by atoms with Gasteiger partial charge in [-0.05, 0) is 72.8 Å². The van der Waals surface area contributed by atoms with E-state index in [0.717, 1.165) is 44.8 Å². The zero-order valence-corrected chi connectivity index (χ0v) is 16.9. The van der Waals surface area contributed by atoms with Gasteiger partial charge in [0, 0.05) is 47.9 Å². The maximum absolute atomic E-state index is 4.63. The zero-order valence-electron chi connectivity index (χ0n) is 13.3. The third-order valence-corrected chi connectivity index (χ3v) is 4.04. The van der Waals surface area contributed by atoms with Gasteiger partial charge >= 0.3 is 0 Å². The van der Waals surface area contributed by atoms with Crippen molar-refractivity contribution in [3.63, 3.8) is 0 Å². The van der Waals surface area contributed by atoms with E-state index in [4.69, 9.17) is 0 Å². The fraction of sp³-hybridized carbons (Fsp3) is 0. The number of hydrogen-bond donors (Lipinski definition) is 2. The molecule has 0 saturated carbocycles. The Kier molecular flexibility index (Phi) is 4.09. The van der Waals surface area contributed by atoms with Gasteiger partial charge in [0.15, 0.2) is 0 Å². The van der Waals surface area contributed by atoms with Gasteiger partial charge < -0.3 is 9.97 Å². The first-order chi connectivity index (χ1) is 11.8. The van der Waals surface area contributed by atoms with Gasteiger partial charge in [-0.25, -0.2) is 9.97 Å². The van der Waals surface area contributed by atoms with Crippen LogP contribution in [0.2, 0.25) is 0 Å². The Morgan fingerprint density at radius 2 is 0.760 bits per heavy atom. The van der Waals surface area contributed by atoms with E-state index in [9.17, 15) is 0 Å². The van der Waals surface area contributed by atoms with Gasteiger partial charge in [0.2, 0.25) is 0 Å². The van der Waals surface area contributed by atoms with E-state index in [2.05, 4.69) is 44.2 Å². The van der Waals surface area contributed by atoms with Crippen LogP contribution in [0.3, 0.4) is 0 Å². The average molecular weight is 489 g/mol. The minimum Gasteiger partial charge on any atom is -0.355 e. The van der Waals surface area contributed by atoms with E-state index in [-0.39, 0.29) is 25.8 Å². The molecule has 0 saturated heterocycles. The Bertz CT molecular complexity index is 990. The zero-order chi connectivity index (χ0) is 15.9. The molecule has 118 valence electrons. The van der Waals surface area contributed by atoms with Crippen molar-refractivity contribution in [1.82, 2.24) is 19.9 Å². The summed E-state index contributed by atoms with van der Waals surface area (Å²) < 4.78 is 0. The number of nitrogens with one attached hydrogen (secondary N) is 2. The summed E-state index contributed by atoms with van der Waals surface area (Å²) in [7, 11) is 0. The van der Waals surface area contributed by atoms with Crippen LogP contribution in [0.1, 0.15) is 22.8 Å². The molecule has 4 nitrogen and oxygen atoms in total. The molecule has 25 heavy (non-hydrogen) atoms. The first kappa shape index (κ1) is 16.0. The van der Waals surface area contributed by atoms with Crippen LogP contribution >= 0.6 is 0 Å². The molecule has 2 aliphatic rings. The quantitative estimate of drug-likeness (QED) is 0.312. The Labute approximate surface area is 163 Å². The SMILES string of the molecule is C1=Cc2cc3ccc(cc4nc(cc5ccc(cc1n2)[nH]5)C=C4)[nH]3.[Hf]. The number of nitrogens with zero attached hydrogens (tertiary/aromatic N) is 2. The second-order valence-corrected chi connectivity index (χ2v) is 5.91. The van der Waals surface area contributed by atoms with Crippen molar-refractivity contribution >= 4 is 46.4 Å². The smallest absolute Gasteiger partial charge is 0.0658 e. The number of aromatic amines is 2. The van der Waals surface area contributed by atoms with Crippen LogP contribution in [0.15, 0.2) is 48.5 Å². The van der Waals surface area contributed by atoms with E-state index in [1.165, 1.54) is 0 Å². The standard InChI is InChI=1S/C20H14N4.Hf/c1-2-14-10-16-5-6-18(23-16)12-20-8-7-19(24-20)11-17-4-3-15(22-17)9-13(1)21-14;/h1-12,21,24H;. The molecule has 3 aromatic rings. The fourth-order valence-electron chi connectivity index (χ4n) is 2.94. The number of fused-ring (bicyclic) bond motifs is 8. The van der Waals surface area contributed by atoms with Crippen molar-refractivity contribution in [3.8, 4) is 0 Å². The van der Waals surface area contributed by atoms with Gasteiger partial charge in [-0.1, -0.05) is 0 Å². The summed E-state index contributed by atoms with van der Waals surface area (Å²) >= 11 is 0. The predicted octanol–water partition coefficient (Wildman–Crippen LogP) is 4.65. The van der Waals surface area contributed by atoms with Crippen molar-refractivity contribution in [3.05, 3.63) is 71.3 Å². The van der Waals surface area contributed by atoms with E-state index in [1.807, 2.05) is 48.6 Å². The molecular weight excluding hydrogens is 475 g/mol. The fourth-order valence-corrected chi connectivity index (χ4v) is 2.94. The number of rotatable bonds is 0. The monoisotopic (exact) mass is 490 g/mol. The summed E-state index contributed by atoms with van der Waals surface area (Å²) in [6.07, 6.45) is 8.09. The largest absolute Gasteiger partial charge is 0.355 e. The molecule has 0 amide bonds. The average Bonchev–Trinajstić information content (AvgIpc) is 3.32. The molecule has 3 aromatic heterocycles. The van der Waals surface area contributed by atoms with E-state index >= 15 is 0 Å². The van der Waals surface area contributed by atoms with E-state index in [0.29, 0.717) is 0 Å². The summed E-state index contributed by atoms with van der Waals surface area (Å²) in [5.74, 6) is 0. The van der Waals surface area contributed by atoms with Crippen LogP contribution in [-0.2, 0) is 25.8 Å². The number of H-pyrrole nitrogens is 2. The van der Waals surface area contributed by atoms with Gasteiger partial charge in [0.05, 0.1) is 22.8 Å². The Morgan fingerprint density at radius 1 is 0.480 bits per heavy atom. The van der Waals surface area contributed by atoms with Crippen LogP contribution in [0, 0.1) is 0 Å². The summed E-state index contributed by atoms with van der Waals surface area (Å²) in [4.78, 5) is 16.0. The van der Waals surface area contributed by atoms with Crippen molar-refractivity contribution in [2.45, 2.75) is 0 Å². The molecule has 5 heterocycles. The molecular formula is C20H14HfN4. The molecule has 8 bridgehead atoms. The minimum atomic E-state index is 0. The van der Waals surface area contributed by atoms with Crippen molar-refractivity contribution in [1.29, 1.82) is 0 Å². The van der Waals surface area contributed by atoms with Gasteiger partial charge in [-0.3, -0.25) is 0 Å². The van der Waals surface area contributed by atoms with Crippen LogP contribution in [0.25, 0.3) is 46.4 Å². The van der Waals surface area contributed by atoms with Gasteiger partial charge in [0.1, 0.15) is 0 Å². The molecule has 5 rings (SSSR count). The second kappa shape index (κ2) is 6.41. The summed E-state index contributed by atoms with van der Waals surface area (Å²) in [6, 6.07) is 16.4. The Balaban J connectivity index is 0.00000157. The molecule has 0 radical (unpaired) electrons. The maximum atomic E-state index is 4.63. The van der Waals surface area contributed by atoms with E-state index < -0.39 is 0 Å². The third kappa shape index (κ3) is 3.33. The second-order valence-electron chi connectivity index (χ2n) is 5.91. The van der Waals surface area contributed by atoms with Crippen LogP contribution in [0.4, 0.5) is 0 Å². The van der Waals surface area contributed by atoms with Crippen molar-refractivity contribution in [2.75, 3.05) is 0 Å². The van der Waals surface area contributed by atoms with Gasteiger partial charge in [0.25, 0.3) is 0 Å². The molecule has 0 spiro atoms. The molecule has 0 fully saturated rings. The van der Waals surface area contributed by atoms with Crippen molar-refractivity contribution < 1.29 is 25.8 Å². The molecule has 0 aliphatic carbocycles. The Hall–Kier alpha value is -2.53. The molecule has 0 unspecified atom stereocenters. The third-order valence-electron chi connectivity index (χ3n) is 4.04. The normalized spacial score (nSPS) is 12.2. The van der Waals surface area contributed by atoms with Crippen LogP contribution < -0.4 is 0 Å². The molecule has 2 N–H and O–H groups in total. The number of aromatic nitrogens is 4. The molecule has 2 aliphatic heterocycles. The van der Waals surface area contributed by atoms with Crippen LogP contribution in [0.5, 0.6) is 0 Å². The maximum Gasteiger partial charge on any atom is 0.0658 e. The molecule has 0 aromatic carbocycles. The topological polar surface area (TPSA) is 57.4 Å². The summed E-state index contributed by atoms with van der Waals surface area (Å²) in [5.41, 5.74) is 7.86. The Morgan fingerprint density at radius 3 is 1.04 bits per heavy atom.